The highest BCUT2D eigenvalue weighted by Crippen LogP contribution is 2.34. The van der Waals surface area contributed by atoms with E-state index in [1.165, 1.54) is 0 Å². The molecule has 0 unspecified atom stereocenters. The fraction of sp³-hybridized carbons (Fsp3) is 0.833. The van der Waals surface area contributed by atoms with Crippen molar-refractivity contribution in [2.75, 3.05) is 6.54 Å². The van der Waals surface area contributed by atoms with Gasteiger partial charge < -0.3 is 16.2 Å². The number of aliphatic carboxylic acids is 1. The van der Waals surface area contributed by atoms with Crippen LogP contribution < -0.4 is 11.1 Å². The van der Waals surface area contributed by atoms with Crippen LogP contribution in [0.2, 0.25) is 0 Å². The Balaban J connectivity index is 2.64. The molecule has 0 aromatic carbocycles. The molecule has 1 aliphatic carbocycles. The Morgan fingerprint density at radius 2 is 1.82 bits per heavy atom. The third kappa shape index (κ3) is 3.70. The lowest BCUT2D eigenvalue weighted by atomic mass is 9.80. The molecule has 1 amide bonds. The molecule has 1 fully saturated rings. The maximum absolute atomic E-state index is 11.4. The van der Waals surface area contributed by atoms with Gasteiger partial charge in [0, 0.05) is 6.54 Å². The van der Waals surface area contributed by atoms with E-state index in [9.17, 15) is 14.7 Å². The number of carbonyl (C=O) groups is 2. The van der Waals surface area contributed by atoms with E-state index < -0.39 is 17.4 Å². The first-order valence-corrected chi connectivity index (χ1v) is 6.25. The minimum Gasteiger partial charge on any atom is -0.481 e. The summed E-state index contributed by atoms with van der Waals surface area (Å²) in [4.78, 5) is 22.8. The highest BCUT2D eigenvalue weighted by molar-refractivity contribution is 5.82. The number of carbonyl (C=O) groups excluding carboxylic acids is 1. The standard InChI is InChI=1S/C12H22N2O3/c1-9(13)10(15)14-8-12(11(16)17)6-4-2-3-5-7-12/h9H,2-8,13H2,1H3,(H,14,15)(H,16,17)/t9-/m1/s1. The van der Waals surface area contributed by atoms with Crippen molar-refractivity contribution in [3.8, 4) is 0 Å². The minimum atomic E-state index is -0.802. The quantitative estimate of drug-likeness (QED) is 0.638. The topological polar surface area (TPSA) is 92.4 Å². The number of hydrogen-bond donors (Lipinski definition) is 3. The van der Waals surface area contributed by atoms with Gasteiger partial charge in [-0.1, -0.05) is 25.7 Å². The van der Waals surface area contributed by atoms with Crippen LogP contribution in [0.15, 0.2) is 0 Å². The maximum atomic E-state index is 11.4. The van der Waals surface area contributed by atoms with Gasteiger partial charge in [-0.15, -0.1) is 0 Å². The molecule has 1 saturated carbocycles. The molecule has 4 N–H and O–H groups in total. The Kier molecular flexibility index (Phi) is 4.93. The summed E-state index contributed by atoms with van der Waals surface area (Å²) in [5.74, 6) is -1.08. The lowest BCUT2D eigenvalue weighted by Gasteiger charge is -2.28. The first kappa shape index (κ1) is 14.0. The summed E-state index contributed by atoms with van der Waals surface area (Å²) in [6, 6.07) is -0.591. The molecule has 0 aromatic heterocycles. The Hall–Kier alpha value is -1.10. The number of amides is 1. The van der Waals surface area contributed by atoms with Gasteiger partial charge in [-0.3, -0.25) is 9.59 Å². The first-order valence-electron chi connectivity index (χ1n) is 6.25. The summed E-state index contributed by atoms with van der Waals surface area (Å²) in [7, 11) is 0. The predicted octanol–water partition coefficient (Wildman–Crippen LogP) is 0.875. The Bertz CT molecular complexity index is 281. The first-order chi connectivity index (χ1) is 7.98. The summed E-state index contributed by atoms with van der Waals surface area (Å²) in [6.07, 6.45) is 5.27. The zero-order valence-corrected chi connectivity index (χ0v) is 10.4. The predicted molar refractivity (Wildman–Crippen MR) is 64.4 cm³/mol. The molecular weight excluding hydrogens is 220 g/mol. The highest BCUT2D eigenvalue weighted by Gasteiger charge is 2.38. The second kappa shape index (κ2) is 6.00. The highest BCUT2D eigenvalue weighted by atomic mass is 16.4. The number of nitrogens with two attached hydrogens (primary N) is 1. The lowest BCUT2D eigenvalue weighted by Crippen LogP contribution is -2.47. The molecule has 1 rings (SSSR count). The second-order valence-electron chi connectivity index (χ2n) is 5.01. The van der Waals surface area contributed by atoms with E-state index in [1.54, 1.807) is 6.92 Å². The number of rotatable bonds is 4. The summed E-state index contributed by atoms with van der Waals surface area (Å²) >= 11 is 0. The van der Waals surface area contributed by atoms with E-state index in [4.69, 9.17) is 5.73 Å². The number of carboxylic acids is 1. The van der Waals surface area contributed by atoms with Crippen LogP contribution in [0.4, 0.5) is 0 Å². The second-order valence-corrected chi connectivity index (χ2v) is 5.01. The molecule has 0 bridgehead atoms. The van der Waals surface area contributed by atoms with E-state index >= 15 is 0 Å². The van der Waals surface area contributed by atoms with Crippen molar-refractivity contribution in [2.45, 2.75) is 51.5 Å². The molecule has 5 nitrogen and oxygen atoms in total. The molecular formula is C12H22N2O3. The van der Waals surface area contributed by atoms with Crippen LogP contribution in [0.25, 0.3) is 0 Å². The SMILES string of the molecule is C[C@@H](N)C(=O)NCC1(C(=O)O)CCCCCC1. The Morgan fingerprint density at radius 3 is 2.24 bits per heavy atom. The molecule has 0 radical (unpaired) electrons. The van der Waals surface area contributed by atoms with Gasteiger partial charge in [-0.05, 0) is 19.8 Å². The summed E-state index contributed by atoms with van der Waals surface area (Å²) in [5, 5.41) is 12.0. The van der Waals surface area contributed by atoms with Gasteiger partial charge in [0.15, 0.2) is 0 Å². The van der Waals surface area contributed by atoms with E-state index in [2.05, 4.69) is 5.32 Å². The van der Waals surface area contributed by atoms with Gasteiger partial charge in [0.1, 0.15) is 0 Å². The molecule has 1 atom stereocenters. The molecule has 0 heterocycles. The Labute approximate surface area is 102 Å². The van der Waals surface area contributed by atoms with E-state index in [-0.39, 0.29) is 12.5 Å². The van der Waals surface area contributed by atoms with Crippen molar-refractivity contribution in [3.05, 3.63) is 0 Å². The average molecular weight is 242 g/mol. The third-order valence-electron chi connectivity index (χ3n) is 3.53. The lowest BCUT2D eigenvalue weighted by molar-refractivity contribution is -0.149. The third-order valence-corrected chi connectivity index (χ3v) is 3.53. The van der Waals surface area contributed by atoms with Gasteiger partial charge in [-0.25, -0.2) is 0 Å². The van der Waals surface area contributed by atoms with E-state index in [0.29, 0.717) is 12.8 Å². The largest absolute Gasteiger partial charge is 0.481 e. The van der Waals surface area contributed by atoms with Crippen LogP contribution in [-0.2, 0) is 9.59 Å². The van der Waals surface area contributed by atoms with Gasteiger partial charge in [-0.2, -0.15) is 0 Å². The fourth-order valence-electron chi connectivity index (χ4n) is 2.29. The number of carboxylic acid groups (broad SMARTS) is 1. The van der Waals surface area contributed by atoms with Gasteiger partial charge in [0.2, 0.25) is 5.91 Å². The zero-order valence-electron chi connectivity index (χ0n) is 10.4. The van der Waals surface area contributed by atoms with Crippen molar-refractivity contribution >= 4 is 11.9 Å². The summed E-state index contributed by atoms with van der Waals surface area (Å²) in [6.45, 7) is 1.79. The molecule has 0 aromatic rings. The van der Waals surface area contributed by atoms with Crippen molar-refractivity contribution in [2.24, 2.45) is 11.1 Å². The summed E-state index contributed by atoms with van der Waals surface area (Å²) in [5.41, 5.74) is 4.65. The van der Waals surface area contributed by atoms with E-state index in [0.717, 1.165) is 25.7 Å². The smallest absolute Gasteiger partial charge is 0.311 e. The van der Waals surface area contributed by atoms with Gasteiger partial charge in [0.25, 0.3) is 0 Å². The van der Waals surface area contributed by atoms with Crippen LogP contribution in [0.5, 0.6) is 0 Å². The zero-order chi connectivity index (χ0) is 12.9. The van der Waals surface area contributed by atoms with Crippen molar-refractivity contribution in [3.63, 3.8) is 0 Å². The van der Waals surface area contributed by atoms with Crippen LogP contribution in [0.3, 0.4) is 0 Å². The maximum Gasteiger partial charge on any atom is 0.311 e. The molecule has 0 aliphatic heterocycles. The monoisotopic (exact) mass is 242 g/mol. The Morgan fingerprint density at radius 1 is 1.29 bits per heavy atom. The number of hydrogen-bond acceptors (Lipinski definition) is 3. The van der Waals surface area contributed by atoms with Crippen LogP contribution >= 0.6 is 0 Å². The normalized spacial score (nSPS) is 21.3. The van der Waals surface area contributed by atoms with Gasteiger partial charge in [0.05, 0.1) is 11.5 Å². The van der Waals surface area contributed by atoms with Crippen LogP contribution in [-0.4, -0.2) is 29.6 Å². The molecule has 98 valence electrons. The van der Waals surface area contributed by atoms with Crippen LogP contribution in [0.1, 0.15) is 45.4 Å². The number of nitrogens with one attached hydrogen (secondary N) is 1. The van der Waals surface area contributed by atoms with Crippen molar-refractivity contribution < 1.29 is 14.7 Å². The fourth-order valence-corrected chi connectivity index (χ4v) is 2.29. The van der Waals surface area contributed by atoms with Crippen molar-refractivity contribution in [1.29, 1.82) is 0 Å². The van der Waals surface area contributed by atoms with Crippen molar-refractivity contribution in [1.82, 2.24) is 5.32 Å². The van der Waals surface area contributed by atoms with Crippen LogP contribution in [0, 0.1) is 5.41 Å². The molecule has 0 spiro atoms. The molecule has 17 heavy (non-hydrogen) atoms. The van der Waals surface area contributed by atoms with Gasteiger partial charge >= 0.3 is 5.97 Å². The molecule has 0 saturated heterocycles. The molecule has 5 heteroatoms. The minimum absolute atomic E-state index is 0.197. The molecule has 1 aliphatic rings. The summed E-state index contributed by atoms with van der Waals surface area (Å²) < 4.78 is 0. The van der Waals surface area contributed by atoms with E-state index in [1.807, 2.05) is 0 Å². The average Bonchev–Trinajstić information content (AvgIpc) is 2.52.